The number of guanidine groups is 1. The van der Waals surface area contributed by atoms with Gasteiger partial charge in [0.25, 0.3) is 0 Å². The first kappa shape index (κ1) is 23.3. The fourth-order valence-corrected chi connectivity index (χ4v) is 4.15. The minimum atomic E-state index is -0.473. The van der Waals surface area contributed by atoms with Crippen LogP contribution in [0.1, 0.15) is 51.5 Å². The number of nitrogens with zero attached hydrogens (tertiary/aromatic N) is 1. The summed E-state index contributed by atoms with van der Waals surface area (Å²) in [6.07, 6.45) is 3.11. The van der Waals surface area contributed by atoms with E-state index in [1.165, 1.54) is 18.2 Å². The predicted molar refractivity (Wildman–Crippen MR) is 119 cm³/mol. The molecule has 0 aromatic heterocycles. The van der Waals surface area contributed by atoms with E-state index in [-0.39, 0.29) is 53.0 Å². The fraction of sp³-hybridized carbons (Fsp3) is 0.667. The van der Waals surface area contributed by atoms with Gasteiger partial charge in [0.1, 0.15) is 11.6 Å². The summed E-state index contributed by atoms with van der Waals surface area (Å²) in [6.45, 7) is 8.22. The largest absolute Gasteiger partial charge is 0.377 e. The third-order valence-corrected chi connectivity index (χ3v) is 5.54. The highest BCUT2D eigenvalue weighted by molar-refractivity contribution is 14.0. The van der Waals surface area contributed by atoms with Crippen molar-refractivity contribution in [3.05, 3.63) is 35.4 Å². The first-order valence-corrected chi connectivity index (χ1v) is 9.84. The smallest absolute Gasteiger partial charge is 0.191 e. The fourth-order valence-electron chi connectivity index (χ4n) is 4.15. The molecule has 1 aromatic rings. The lowest BCUT2D eigenvalue weighted by Crippen LogP contribution is -2.48. The molecule has 0 amide bonds. The minimum Gasteiger partial charge on any atom is -0.377 e. The summed E-state index contributed by atoms with van der Waals surface area (Å²) in [4.78, 5) is 4.28. The third-order valence-electron chi connectivity index (χ3n) is 5.54. The zero-order chi connectivity index (χ0) is 19.6. The summed E-state index contributed by atoms with van der Waals surface area (Å²) in [5, 5.41) is 6.69. The van der Waals surface area contributed by atoms with Gasteiger partial charge in [0, 0.05) is 43.6 Å². The van der Waals surface area contributed by atoms with Crippen LogP contribution < -0.4 is 10.6 Å². The van der Waals surface area contributed by atoms with E-state index in [0.717, 1.165) is 26.0 Å². The van der Waals surface area contributed by atoms with Gasteiger partial charge in [-0.15, -0.1) is 24.0 Å². The Bertz CT molecular complexity index is 672. The van der Waals surface area contributed by atoms with Crippen molar-refractivity contribution in [2.45, 2.75) is 58.1 Å². The monoisotopic (exact) mass is 507 g/mol. The first-order valence-electron chi connectivity index (χ1n) is 9.84. The number of hydrogen-bond acceptors (Lipinski definition) is 2. The molecular formula is C21H32F2IN3O. The molecular weight excluding hydrogens is 475 g/mol. The van der Waals surface area contributed by atoms with Gasteiger partial charge in [0.15, 0.2) is 5.96 Å². The van der Waals surface area contributed by atoms with Crippen LogP contribution in [0.4, 0.5) is 8.78 Å². The first-order chi connectivity index (χ1) is 12.8. The number of halogens is 3. The lowest BCUT2D eigenvalue weighted by Gasteiger charge is -2.40. The van der Waals surface area contributed by atoms with Crippen LogP contribution in [0.25, 0.3) is 0 Å². The van der Waals surface area contributed by atoms with Crippen LogP contribution in [0.5, 0.6) is 0 Å². The highest BCUT2D eigenvalue weighted by atomic mass is 127. The summed E-state index contributed by atoms with van der Waals surface area (Å²) in [7, 11) is 1.72. The quantitative estimate of drug-likeness (QED) is 0.360. The van der Waals surface area contributed by atoms with Crippen LogP contribution in [0, 0.1) is 23.0 Å². The topological polar surface area (TPSA) is 45.7 Å². The van der Waals surface area contributed by atoms with Crippen LogP contribution in [0.2, 0.25) is 0 Å². The highest BCUT2D eigenvalue weighted by Gasteiger charge is 2.42. The van der Waals surface area contributed by atoms with E-state index in [1.54, 1.807) is 7.05 Å². The van der Waals surface area contributed by atoms with Crippen molar-refractivity contribution in [3.8, 4) is 0 Å². The molecule has 4 unspecified atom stereocenters. The molecule has 1 aromatic carbocycles. The van der Waals surface area contributed by atoms with Gasteiger partial charge >= 0.3 is 0 Å². The second kappa shape index (κ2) is 9.69. The van der Waals surface area contributed by atoms with E-state index in [4.69, 9.17) is 4.74 Å². The molecule has 1 saturated carbocycles. The van der Waals surface area contributed by atoms with Crippen molar-refractivity contribution >= 4 is 29.9 Å². The van der Waals surface area contributed by atoms with Crippen LogP contribution in [-0.2, 0) is 4.74 Å². The van der Waals surface area contributed by atoms with Crippen molar-refractivity contribution in [1.29, 1.82) is 0 Å². The zero-order valence-corrected chi connectivity index (χ0v) is 19.4. The number of nitrogens with one attached hydrogen (secondary N) is 2. The maximum absolute atomic E-state index is 14.0. The Morgan fingerprint density at radius 1 is 1.25 bits per heavy atom. The van der Waals surface area contributed by atoms with Gasteiger partial charge in [-0.2, -0.15) is 0 Å². The molecule has 158 valence electrons. The summed E-state index contributed by atoms with van der Waals surface area (Å²) < 4.78 is 33.9. The van der Waals surface area contributed by atoms with Crippen molar-refractivity contribution < 1.29 is 13.5 Å². The van der Waals surface area contributed by atoms with E-state index < -0.39 is 11.6 Å². The van der Waals surface area contributed by atoms with Crippen LogP contribution in [0.15, 0.2) is 23.2 Å². The summed E-state index contributed by atoms with van der Waals surface area (Å²) >= 11 is 0. The molecule has 4 nitrogen and oxygen atoms in total. The molecule has 28 heavy (non-hydrogen) atoms. The molecule has 0 spiro atoms. The third kappa shape index (κ3) is 5.55. The lowest BCUT2D eigenvalue weighted by atomic mass is 9.78. The zero-order valence-electron chi connectivity index (χ0n) is 17.1. The van der Waals surface area contributed by atoms with Crippen molar-refractivity contribution in [2.24, 2.45) is 16.3 Å². The highest BCUT2D eigenvalue weighted by Crippen LogP contribution is 2.43. The second-order valence-corrected chi connectivity index (χ2v) is 8.74. The summed E-state index contributed by atoms with van der Waals surface area (Å²) in [5.74, 6) is -0.00174. The van der Waals surface area contributed by atoms with Gasteiger partial charge in [0.05, 0.1) is 6.10 Å². The molecule has 2 N–H and O–H groups in total. The molecule has 3 rings (SSSR count). The maximum Gasteiger partial charge on any atom is 0.191 e. The second-order valence-electron chi connectivity index (χ2n) is 8.74. The van der Waals surface area contributed by atoms with Gasteiger partial charge in [-0.05, 0) is 36.8 Å². The molecule has 1 aliphatic heterocycles. The number of rotatable bonds is 4. The maximum atomic E-state index is 14.0. The molecule has 0 radical (unpaired) electrons. The average molecular weight is 507 g/mol. The van der Waals surface area contributed by atoms with E-state index in [1.807, 2.05) is 0 Å². The van der Waals surface area contributed by atoms with Crippen LogP contribution in [-0.4, -0.2) is 38.3 Å². The van der Waals surface area contributed by atoms with Gasteiger partial charge < -0.3 is 15.4 Å². The van der Waals surface area contributed by atoms with E-state index in [2.05, 4.69) is 36.4 Å². The normalized spacial score (nSPS) is 27.7. The minimum absolute atomic E-state index is 0. The van der Waals surface area contributed by atoms with E-state index in [9.17, 15) is 8.78 Å². The van der Waals surface area contributed by atoms with Crippen molar-refractivity contribution in [3.63, 3.8) is 0 Å². The van der Waals surface area contributed by atoms with E-state index >= 15 is 0 Å². The molecule has 1 aliphatic carbocycles. The number of aliphatic imine (C=N–C) groups is 1. The molecule has 4 atom stereocenters. The number of hydrogen-bond donors (Lipinski definition) is 2. The molecule has 1 heterocycles. The summed E-state index contributed by atoms with van der Waals surface area (Å²) in [5.41, 5.74) is 0.271. The SMILES string of the molecule is CN=C(NCC1CCCOC1C(C)(C)C)NC1CC1c1c(F)cccc1F.I. The molecule has 0 bridgehead atoms. The predicted octanol–water partition coefficient (Wildman–Crippen LogP) is 4.45. The molecule has 1 saturated heterocycles. The Morgan fingerprint density at radius 3 is 2.54 bits per heavy atom. The Kier molecular flexibility index (Phi) is 8.07. The molecule has 7 heteroatoms. The molecule has 2 aliphatic rings. The van der Waals surface area contributed by atoms with Crippen LogP contribution in [0.3, 0.4) is 0 Å². The Labute approximate surface area is 183 Å². The molecule has 2 fully saturated rings. The average Bonchev–Trinajstić information content (AvgIpc) is 3.36. The summed E-state index contributed by atoms with van der Waals surface area (Å²) in [6, 6.07) is 4.04. The standard InChI is InChI=1S/C21H31F2N3O.HI/c1-21(2,3)19-13(7-6-10-27-19)12-25-20(24-4)26-17-11-14(17)18-15(22)8-5-9-16(18)23;/h5,8-9,13-14,17,19H,6-7,10-12H2,1-4H3,(H2,24,25,26);1H. The van der Waals surface area contributed by atoms with Crippen molar-refractivity contribution in [1.82, 2.24) is 10.6 Å². The Balaban J connectivity index is 0.00000280. The van der Waals surface area contributed by atoms with Crippen LogP contribution >= 0.6 is 24.0 Å². The van der Waals surface area contributed by atoms with Crippen molar-refractivity contribution in [2.75, 3.05) is 20.2 Å². The number of ether oxygens (including phenoxy) is 1. The lowest BCUT2D eigenvalue weighted by molar-refractivity contribution is -0.0835. The number of benzene rings is 1. The Hall–Kier alpha value is -0.960. The van der Waals surface area contributed by atoms with Gasteiger partial charge in [-0.1, -0.05) is 26.8 Å². The van der Waals surface area contributed by atoms with Gasteiger partial charge in [-0.25, -0.2) is 8.78 Å². The van der Waals surface area contributed by atoms with E-state index in [0.29, 0.717) is 18.3 Å². The Morgan fingerprint density at radius 2 is 1.93 bits per heavy atom. The van der Waals surface area contributed by atoms with Gasteiger partial charge in [0.2, 0.25) is 0 Å². The van der Waals surface area contributed by atoms with Gasteiger partial charge in [-0.3, -0.25) is 4.99 Å².